The molecule has 2 N–H and O–H groups in total. The molecule has 2 rings (SSSR count). The molecule has 1 aromatic rings. The van der Waals surface area contributed by atoms with Gasteiger partial charge in [0.1, 0.15) is 5.56 Å². The summed E-state index contributed by atoms with van der Waals surface area (Å²) in [6, 6.07) is 1.54. The number of H-pyrrole nitrogens is 1. The molecule has 0 amide bonds. The van der Waals surface area contributed by atoms with E-state index in [0.717, 1.165) is 18.4 Å². The molecule has 1 fully saturated rings. The van der Waals surface area contributed by atoms with Gasteiger partial charge in [-0.05, 0) is 30.4 Å². The number of hydrogen-bond acceptors (Lipinski definition) is 2. The van der Waals surface area contributed by atoms with Crippen molar-refractivity contribution >= 4 is 5.97 Å². The van der Waals surface area contributed by atoms with E-state index in [2.05, 4.69) is 4.98 Å². The van der Waals surface area contributed by atoms with Gasteiger partial charge in [-0.2, -0.15) is 0 Å². The second-order valence-corrected chi connectivity index (χ2v) is 4.67. The summed E-state index contributed by atoms with van der Waals surface area (Å²) >= 11 is 0. The summed E-state index contributed by atoms with van der Waals surface area (Å²) < 4.78 is 0. The van der Waals surface area contributed by atoms with Crippen LogP contribution >= 0.6 is 0 Å². The highest BCUT2D eigenvalue weighted by molar-refractivity contribution is 5.87. The summed E-state index contributed by atoms with van der Waals surface area (Å²) in [7, 11) is 0. The fourth-order valence-electron chi connectivity index (χ4n) is 2.51. The van der Waals surface area contributed by atoms with Crippen LogP contribution in [0.4, 0.5) is 0 Å². The fraction of sp³-hybridized carbons (Fsp3) is 0.538. The summed E-state index contributed by atoms with van der Waals surface area (Å²) in [6.07, 6.45) is 8.73. The highest BCUT2D eigenvalue weighted by Crippen LogP contribution is 2.31. The molecule has 4 heteroatoms. The molecule has 17 heavy (non-hydrogen) atoms. The topological polar surface area (TPSA) is 70.2 Å². The number of aromatic amines is 1. The van der Waals surface area contributed by atoms with Crippen molar-refractivity contribution in [2.24, 2.45) is 0 Å². The molecule has 1 saturated carbocycles. The first-order valence-corrected chi connectivity index (χ1v) is 6.14. The van der Waals surface area contributed by atoms with Crippen molar-refractivity contribution in [1.82, 2.24) is 4.98 Å². The van der Waals surface area contributed by atoms with Crippen molar-refractivity contribution in [3.8, 4) is 0 Å². The standard InChI is InChI=1S/C13H17NO3/c15-12-11(13(16)17)7-10(8-14-12)9-5-3-1-2-4-6-9/h7-9H,1-6H2,(H,14,15)(H,16,17). The van der Waals surface area contributed by atoms with Crippen molar-refractivity contribution < 1.29 is 9.90 Å². The average Bonchev–Trinajstić information content (AvgIpc) is 2.58. The molecule has 0 aromatic carbocycles. The molecule has 0 radical (unpaired) electrons. The molecular weight excluding hydrogens is 218 g/mol. The Morgan fingerprint density at radius 2 is 1.88 bits per heavy atom. The number of aromatic nitrogens is 1. The maximum atomic E-state index is 11.3. The second kappa shape index (κ2) is 5.17. The lowest BCUT2D eigenvalue weighted by atomic mass is 9.92. The molecule has 1 aliphatic rings. The number of pyridine rings is 1. The number of aromatic carboxylic acids is 1. The molecule has 0 saturated heterocycles. The monoisotopic (exact) mass is 235 g/mol. The zero-order valence-corrected chi connectivity index (χ0v) is 9.74. The van der Waals surface area contributed by atoms with Gasteiger partial charge in [0.15, 0.2) is 0 Å². The predicted molar refractivity (Wildman–Crippen MR) is 64.5 cm³/mol. The summed E-state index contributed by atoms with van der Waals surface area (Å²) in [6.45, 7) is 0. The van der Waals surface area contributed by atoms with E-state index < -0.39 is 11.5 Å². The van der Waals surface area contributed by atoms with Gasteiger partial charge in [-0.1, -0.05) is 25.7 Å². The Bertz CT molecular complexity index is 456. The van der Waals surface area contributed by atoms with Gasteiger partial charge in [0.2, 0.25) is 0 Å². The number of carboxylic acid groups (broad SMARTS) is 1. The lowest BCUT2D eigenvalue weighted by Gasteiger charge is -2.14. The highest BCUT2D eigenvalue weighted by Gasteiger charge is 2.17. The van der Waals surface area contributed by atoms with E-state index in [0.29, 0.717) is 5.92 Å². The minimum absolute atomic E-state index is 0.147. The molecule has 92 valence electrons. The van der Waals surface area contributed by atoms with Crippen LogP contribution in [0.15, 0.2) is 17.1 Å². The van der Waals surface area contributed by atoms with Gasteiger partial charge in [0.25, 0.3) is 5.56 Å². The van der Waals surface area contributed by atoms with Crippen LogP contribution in [0.5, 0.6) is 0 Å². The maximum absolute atomic E-state index is 11.3. The number of hydrogen-bond donors (Lipinski definition) is 2. The Balaban J connectivity index is 2.28. The van der Waals surface area contributed by atoms with Crippen molar-refractivity contribution in [3.63, 3.8) is 0 Å². The van der Waals surface area contributed by atoms with Gasteiger partial charge < -0.3 is 10.1 Å². The first-order chi connectivity index (χ1) is 8.18. The lowest BCUT2D eigenvalue weighted by Crippen LogP contribution is -2.18. The zero-order valence-electron chi connectivity index (χ0n) is 9.74. The molecule has 1 aromatic heterocycles. The van der Waals surface area contributed by atoms with Crippen molar-refractivity contribution in [3.05, 3.63) is 33.7 Å². The first-order valence-electron chi connectivity index (χ1n) is 6.14. The number of nitrogens with one attached hydrogen (secondary N) is 1. The van der Waals surface area contributed by atoms with Gasteiger partial charge in [-0.3, -0.25) is 4.79 Å². The first kappa shape index (κ1) is 11.9. The average molecular weight is 235 g/mol. The lowest BCUT2D eigenvalue weighted by molar-refractivity contribution is 0.0694. The smallest absolute Gasteiger partial charge is 0.341 e. The minimum Gasteiger partial charge on any atom is -0.477 e. The summed E-state index contributed by atoms with van der Waals surface area (Å²) in [4.78, 5) is 24.8. The van der Waals surface area contributed by atoms with Gasteiger partial charge in [0, 0.05) is 6.20 Å². The van der Waals surface area contributed by atoms with E-state index in [4.69, 9.17) is 5.11 Å². The van der Waals surface area contributed by atoms with Gasteiger partial charge in [0.05, 0.1) is 0 Å². The number of rotatable bonds is 2. The third-order valence-electron chi connectivity index (χ3n) is 3.48. The third kappa shape index (κ3) is 2.75. The highest BCUT2D eigenvalue weighted by atomic mass is 16.4. The van der Waals surface area contributed by atoms with E-state index in [1.54, 1.807) is 6.20 Å². The van der Waals surface area contributed by atoms with Crippen LogP contribution in [-0.2, 0) is 0 Å². The second-order valence-electron chi connectivity index (χ2n) is 4.67. The molecule has 0 bridgehead atoms. The van der Waals surface area contributed by atoms with Gasteiger partial charge in [-0.15, -0.1) is 0 Å². The van der Waals surface area contributed by atoms with Crippen LogP contribution in [0.2, 0.25) is 0 Å². The minimum atomic E-state index is -1.15. The quantitative estimate of drug-likeness (QED) is 0.774. The largest absolute Gasteiger partial charge is 0.477 e. The molecule has 0 atom stereocenters. The molecule has 0 spiro atoms. The van der Waals surface area contributed by atoms with Crippen LogP contribution in [0.1, 0.15) is 60.4 Å². The SMILES string of the molecule is O=C(O)c1cc(C2CCCCCC2)c[nH]c1=O. The van der Waals surface area contributed by atoms with Crippen LogP contribution < -0.4 is 5.56 Å². The van der Waals surface area contributed by atoms with Crippen molar-refractivity contribution in [2.75, 3.05) is 0 Å². The van der Waals surface area contributed by atoms with E-state index in [1.807, 2.05) is 0 Å². The number of carboxylic acids is 1. The van der Waals surface area contributed by atoms with E-state index in [1.165, 1.54) is 31.7 Å². The fourth-order valence-corrected chi connectivity index (χ4v) is 2.51. The Morgan fingerprint density at radius 3 is 2.47 bits per heavy atom. The summed E-state index contributed by atoms with van der Waals surface area (Å²) in [5.41, 5.74) is 0.297. The number of carbonyl (C=O) groups is 1. The molecule has 0 unspecified atom stereocenters. The molecular formula is C13H17NO3. The van der Waals surface area contributed by atoms with E-state index in [9.17, 15) is 9.59 Å². The van der Waals surface area contributed by atoms with E-state index in [-0.39, 0.29) is 5.56 Å². The zero-order chi connectivity index (χ0) is 12.3. The molecule has 4 nitrogen and oxygen atoms in total. The van der Waals surface area contributed by atoms with Gasteiger partial charge >= 0.3 is 5.97 Å². The summed E-state index contributed by atoms with van der Waals surface area (Å²) in [5.74, 6) is -0.755. The predicted octanol–water partition coefficient (Wildman–Crippen LogP) is 2.51. The van der Waals surface area contributed by atoms with Crippen LogP contribution in [0.25, 0.3) is 0 Å². The third-order valence-corrected chi connectivity index (χ3v) is 3.48. The Labute approximate surface area is 99.7 Å². The Morgan fingerprint density at radius 1 is 1.24 bits per heavy atom. The Kier molecular flexibility index (Phi) is 3.61. The van der Waals surface area contributed by atoms with E-state index >= 15 is 0 Å². The maximum Gasteiger partial charge on any atom is 0.341 e. The normalized spacial score (nSPS) is 17.6. The Hall–Kier alpha value is -1.58. The molecule has 0 aliphatic heterocycles. The van der Waals surface area contributed by atoms with Crippen LogP contribution in [0, 0.1) is 0 Å². The summed E-state index contributed by atoms with van der Waals surface area (Å²) in [5, 5.41) is 8.92. The molecule has 1 aliphatic carbocycles. The molecule has 1 heterocycles. The van der Waals surface area contributed by atoms with Crippen LogP contribution in [0.3, 0.4) is 0 Å². The van der Waals surface area contributed by atoms with Crippen molar-refractivity contribution in [1.29, 1.82) is 0 Å². The van der Waals surface area contributed by atoms with Crippen molar-refractivity contribution in [2.45, 2.75) is 44.4 Å². The van der Waals surface area contributed by atoms with Crippen LogP contribution in [-0.4, -0.2) is 16.1 Å². The van der Waals surface area contributed by atoms with Gasteiger partial charge in [-0.25, -0.2) is 4.79 Å².